The fourth-order valence-electron chi connectivity index (χ4n) is 3.38. The Labute approximate surface area is 105 Å². The van der Waals surface area contributed by atoms with E-state index in [0.717, 1.165) is 19.3 Å². The minimum atomic E-state index is -2.87. The molecule has 0 spiro atoms. The van der Waals surface area contributed by atoms with Crippen LogP contribution in [-0.2, 0) is 9.84 Å². The Hall–Kier alpha value is -0.0900. The van der Waals surface area contributed by atoms with Gasteiger partial charge in [0.05, 0.1) is 5.25 Å². The lowest BCUT2D eigenvalue weighted by molar-refractivity contribution is 0.395. The highest BCUT2D eigenvalue weighted by Crippen LogP contribution is 2.27. The second kappa shape index (κ2) is 5.70. The molecule has 2 aliphatic carbocycles. The molecule has 0 bridgehead atoms. The Balaban J connectivity index is 1.93. The first-order valence-electron chi connectivity index (χ1n) is 7.02. The van der Waals surface area contributed by atoms with E-state index in [2.05, 4.69) is 5.32 Å². The fourth-order valence-corrected chi connectivity index (χ4v) is 4.78. The Bertz CT molecular complexity index is 331. The number of hydrogen-bond acceptors (Lipinski definition) is 3. The van der Waals surface area contributed by atoms with E-state index in [-0.39, 0.29) is 11.3 Å². The molecule has 17 heavy (non-hydrogen) atoms. The van der Waals surface area contributed by atoms with E-state index in [1.807, 2.05) is 0 Å². The largest absolute Gasteiger partial charge is 0.310 e. The molecule has 4 heteroatoms. The van der Waals surface area contributed by atoms with Crippen molar-refractivity contribution in [2.45, 2.75) is 75.1 Å². The van der Waals surface area contributed by atoms with Gasteiger partial charge in [0.1, 0.15) is 0 Å². The van der Waals surface area contributed by atoms with Gasteiger partial charge in [0.2, 0.25) is 0 Å². The molecule has 2 unspecified atom stereocenters. The van der Waals surface area contributed by atoms with E-state index in [0.29, 0.717) is 6.04 Å². The van der Waals surface area contributed by atoms with Crippen molar-refractivity contribution in [3.05, 3.63) is 0 Å². The molecule has 0 radical (unpaired) electrons. The minimum Gasteiger partial charge on any atom is -0.310 e. The first kappa shape index (κ1) is 13.3. The zero-order valence-corrected chi connectivity index (χ0v) is 11.6. The average molecular weight is 259 g/mol. The molecule has 0 aromatic carbocycles. The van der Waals surface area contributed by atoms with Gasteiger partial charge in [0.15, 0.2) is 9.84 Å². The van der Waals surface area contributed by atoms with Gasteiger partial charge in [-0.1, -0.05) is 32.1 Å². The average Bonchev–Trinajstić information content (AvgIpc) is 2.55. The second-order valence-electron chi connectivity index (χ2n) is 5.76. The summed E-state index contributed by atoms with van der Waals surface area (Å²) in [5, 5.41) is 3.50. The Kier molecular flexibility index (Phi) is 4.47. The van der Waals surface area contributed by atoms with Gasteiger partial charge in [0.25, 0.3) is 0 Å². The Morgan fingerprint density at radius 1 is 0.882 bits per heavy atom. The van der Waals surface area contributed by atoms with Crippen molar-refractivity contribution in [1.82, 2.24) is 5.32 Å². The van der Waals surface area contributed by atoms with Crippen LogP contribution in [0.25, 0.3) is 0 Å². The SMILES string of the molecule is CS(=O)(=O)C1CCCC1NC1CCCCCC1. The standard InChI is InChI=1S/C13H25NO2S/c1-17(15,16)13-10-6-9-12(13)14-11-7-4-2-3-5-8-11/h11-14H,2-10H2,1H3. The summed E-state index contributed by atoms with van der Waals surface area (Å²) in [6, 6.07) is 0.776. The van der Waals surface area contributed by atoms with Crippen molar-refractivity contribution < 1.29 is 8.42 Å². The highest BCUT2D eigenvalue weighted by molar-refractivity contribution is 7.91. The van der Waals surface area contributed by atoms with Crippen molar-refractivity contribution in [1.29, 1.82) is 0 Å². The quantitative estimate of drug-likeness (QED) is 0.791. The highest BCUT2D eigenvalue weighted by atomic mass is 32.2. The van der Waals surface area contributed by atoms with Crippen molar-refractivity contribution in [3.63, 3.8) is 0 Å². The zero-order chi connectivity index (χ0) is 12.3. The number of nitrogens with one attached hydrogen (secondary N) is 1. The molecule has 2 fully saturated rings. The van der Waals surface area contributed by atoms with Gasteiger partial charge in [-0.15, -0.1) is 0 Å². The molecule has 1 N–H and O–H groups in total. The van der Waals surface area contributed by atoms with Gasteiger partial charge in [0, 0.05) is 18.3 Å². The molecule has 2 saturated carbocycles. The van der Waals surface area contributed by atoms with Crippen LogP contribution < -0.4 is 5.32 Å². The van der Waals surface area contributed by atoms with Crippen molar-refractivity contribution >= 4 is 9.84 Å². The smallest absolute Gasteiger partial charge is 0.151 e. The van der Waals surface area contributed by atoms with E-state index >= 15 is 0 Å². The number of rotatable bonds is 3. The molecule has 2 atom stereocenters. The molecule has 0 aromatic rings. The second-order valence-corrected chi connectivity index (χ2v) is 8.03. The summed E-state index contributed by atoms with van der Waals surface area (Å²) in [4.78, 5) is 0. The van der Waals surface area contributed by atoms with Crippen LogP contribution in [0.2, 0.25) is 0 Å². The van der Waals surface area contributed by atoms with Crippen molar-refractivity contribution in [3.8, 4) is 0 Å². The highest BCUT2D eigenvalue weighted by Gasteiger charge is 2.35. The lowest BCUT2D eigenvalue weighted by Gasteiger charge is -2.25. The minimum absolute atomic E-state index is 0.134. The molecule has 0 aliphatic heterocycles. The summed E-state index contributed by atoms with van der Waals surface area (Å²) in [5.74, 6) is 0. The fraction of sp³-hybridized carbons (Fsp3) is 1.00. The maximum absolute atomic E-state index is 11.7. The first-order chi connectivity index (χ1) is 8.07. The van der Waals surface area contributed by atoms with Gasteiger partial charge in [-0.3, -0.25) is 0 Å². The summed E-state index contributed by atoms with van der Waals surface area (Å²) in [6.45, 7) is 0. The molecule has 100 valence electrons. The van der Waals surface area contributed by atoms with Gasteiger partial charge < -0.3 is 5.32 Å². The maximum Gasteiger partial charge on any atom is 0.151 e. The van der Waals surface area contributed by atoms with Gasteiger partial charge in [-0.2, -0.15) is 0 Å². The predicted molar refractivity (Wildman–Crippen MR) is 70.9 cm³/mol. The third-order valence-electron chi connectivity index (χ3n) is 4.31. The third kappa shape index (κ3) is 3.68. The van der Waals surface area contributed by atoms with Crippen LogP contribution in [-0.4, -0.2) is 32.0 Å². The van der Waals surface area contributed by atoms with Gasteiger partial charge in [-0.25, -0.2) is 8.42 Å². The van der Waals surface area contributed by atoms with E-state index in [9.17, 15) is 8.42 Å². The molecule has 2 aliphatic rings. The monoisotopic (exact) mass is 259 g/mol. The van der Waals surface area contributed by atoms with Crippen LogP contribution in [0.3, 0.4) is 0 Å². The predicted octanol–water partition coefficient (Wildman–Crippen LogP) is 2.26. The van der Waals surface area contributed by atoms with Crippen molar-refractivity contribution in [2.75, 3.05) is 6.26 Å². The van der Waals surface area contributed by atoms with Crippen LogP contribution in [0.1, 0.15) is 57.8 Å². The molecular weight excluding hydrogens is 234 g/mol. The maximum atomic E-state index is 11.7. The molecule has 2 rings (SSSR count). The summed E-state index contributed by atoms with van der Waals surface area (Å²) >= 11 is 0. The van der Waals surface area contributed by atoms with E-state index in [1.54, 1.807) is 0 Å². The Morgan fingerprint density at radius 2 is 1.53 bits per heavy atom. The van der Waals surface area contributed by atoms with E-state index < -0.39 is 9.84 Å². The van der Waals surface area contributed by atoms with E-state index in [4.69, 9.17) is 0 Å². The van der Waals surface area contributed by atoms with Crippen LogP contribution in [0.15, 0.2) is 0 Å². The lowest BCUT2D eigenvalue weighted by Crippen LogP contribution is -2.45. The summed E-state index contributed by atoms with van der Waals surface area (Å²) in [7, 11) is -2.87. The lowest BCUT2D eigenvalue weighted by atomic mass is 10.1. The summed E-state index contributed by atoms with van der Waals surface area (Å²) in [6.07, 6.45) is 12.1. The van der Waals surface area contributed by atoms with Crippen LogP contribution in [0, 0.1) is 0 Å². The van der Waals surface area contributed by atoms with E-state index in [1.165, 1.54) is 44.8 Å². The Morgan fingerprint density at radius 3 is 2.12 bits per heavy atom. The topological polar surface area (TPSA) is 46.2 Å². The molecule has 3 nitrogen and oxygen atoms in total. The van der Waals surface area contributed by atoms with Crippen LogP contribution in [0.4, 0.5) is 0 Å². The van der Waals surface area contributed by atoms with Crippen LogP contribution >= 0.6 is 0 Å². The number of sulfone groups is 1. The van der Waals surface area contributed by atoms with Crippen LogP contribution in [0.5, 0.6) is 0 Å². The summed E-state index contributed by atoms with van der Waals surface area (Å²) in [5.41, 5.74) is 0. The first-order valence-corrected chi connectivity index (χ1v) is 8.98. The van der Waals surface area contributed by atoms with Gasteiger partial charge >= 0.3 is 0 Å². The summed E-state index contributed by atoms with van der Waals surface area (Å²) < 4.78 is 23.4. The normalized spacial score (nSPS) is 32.5. The van der Waals surface area contributed by atoms with Gasteiger partial charge in [-0.05, 0) is 25.7 Å². The van der Waals surface area contributed by atoms with Crippen molar-refractivity contribution in [2.24, 2.45) is 0 Å². The number of hydrogen-bond donors (Lipinski definition) is 1. The molecule has 0 amide bonds. The molecule has 0 saturated heterocycles. The molecular formula is C13H25NO2S. The third-order valence-corrected chi connectivity index (χ3v) is 5.97. The zero-order valence-electron chi connectivity index (χ0n) is 10.8. The molecule has 0 aromatic heterocycles. The molecule has 0 heterocycles.